The second-order valence-corrected chi connectivity index (χ2v) is 5.54. The van der Waals surface area contributed by atoms with Gasteiger partial charge in [-0.15, -0.1) is 10.2 Å². The Morgan fingerprint density at radius 3 is 2.78 bits per heavy atom. The van der Waals surface area contributed by atoms with Gasteiger partial charge in [0.1, 0.15) is 12.2 Å². The van der Waals surface area contributed by atoms with Crippen molar-refractivity contribution in [1.29, 1.82) is 0 Å². The molecule has 0 saturated heterocycles. The van der Waals surface area contributed by atoms with Gasteiger partial charge in [-0.1, -0.05) is 13.3 Å². The number of hydrogen-bond acceptors (Lipinski definition) is 4. The van der Waals surface area contributed by atoms with Crippen LogP contribution in [0.15, 0.2) is 6.33 Å². The summed E-state index contributed by atoms with van der Waals surface area (Å²) < 4.78 is 1.89. The summed E-state index contributed by atoms with van der Waals surface area (Å²) in [6.07, 6.45) is 7.06. The molecule has 0 amide bonds. The Kier molecular flexibility index (Phi) is 4.35. The van der Waals surface area contributed by atoms with Crippen LogP contribution in [0.3, 0.4) is 0 Å². The molecule has 0 aromatic carbocycles. The molecule has 0 aliphatic heterocycles. The van der Waals surface area contributed by atoms with Gasteiger partial charge < -0.3 is 15.0 Å². The van der Waals surface area contributed by atoms with Gasteiger partial charge in [-0.3, -0.25) is 0 Å². The number of nitrogens with one attached hydrogen (secondary N) is 1. The smallest absolute Gasteiger partial charge is 0.146 e. The normalized spacial score (nSPS) is 28.5. The Morgan fingerprint density at radius 2 is 2.22 bits per heavy atom. The van der Waals surface area contributed by atoms with Crippen LogP contribution in [0.25, 0.3) is 0 Å². The van der Waals surface area contributed by atoms with E-state index in [1.807, 2.05) is 11.6 Å². The van der Waals surface area contributed by atoms with Crippen LogP contribution in [0.2, 0.25) is 0 Å². The predicted molar refractivity (Wildman–Crippen MR) is 69.9 cm³/mol. The van der Waals surface area contributed by atoms with Crippen molar-refractivity contribution in [3.63, 3.8) is 0 Å². The van der Waals surface area contributed by atoms with E-state index in [2.05, 4.69) is 22.4 Å². The Bertz CT molecular complexity index is 369. The highest BCUT2D eigenvalue weighted by molar-refractivity contribution is 4.89. The number of hydrogen-bond donors (Lipinski definition) is 2. The van der Waals surface area contributed by atoms with E-state index in [-0.39, 0.29) is 0 Å². The van der Waals surface area contributed by atoms with E-state index in [1.165, 1.54) is 6.42 Å². The number of aliphatic hydroxyl groups is 1. The maximum atomic E-state index is 10.5. The second-order valence-electron chi connectivity index (χ2n) is 5.54. The second kappa shape index (κ2) is 5.80. The summed E-state index contributed by atoms with van der Waals surface area (Å²) in [5.74, 6) is 1.71. The van der Waals surface area contributed by atoms with Gasteiger partial charge in [-0.2, -0.15) is 0 Å². The topological polar surface area (TPSA) is 63.0 Å². The first-order valence-electron chi connectivity index (χ1n) is 6.89. The van der Waals surface area contributed by atoms with Crippen LogP contribution in [-0.2, 0) is 13.6 Å². The van der Waals surface area contributed by atoms with E-state index in [9.17, 15) is 5.11 Å². The molecule has 2 rings (SSSR count). The Labute approximate surface area is 109 Å². The molecule has 18 heavy (non-hydrogen) atoms. The number of aromatic nitrogens is 3. The quantitative estimate of drug-likeness (QED) is 0.827. The zero-order valence-electron chi connectivity index (χ0n) is 11.4. The molecule has 1 aliphatic carbocycles. The van der Waals surface area contributed by atoms with Crippen LogP contribution in [0.1, 0.15) is 44.9 Å². The zero-order chi connectivity index (χ0) is 13.0. The SMILES string of the molecule is CCC1CCC(O)(CNCc2nncn2C)CC1. The van der Waals surface area contributed by atoms with Gasteiger partial charge in [0.25, 0.3) is 0 Å². The van der Waals surface area contributed by atoms with Crippen molar-refractivity contribution in [2.24, 2.45) is 13.0 Å². The zero-order valence-corrected chi connectivity index (χ0v) is 11.4. The minimum Gasteiger partial charge on any atom is -0.389 e. The molecule has 102 valence electrons. The Balaban J connectivity index is 1.75. The molecule has 0 radical (unpaired) electrons. The van der Waals surface area contributed by atoms with Gasteiger partial charge in [0.2, 0.25) is 0 Å². The minimum absolute atomic E-state index is 0.524. The maximum absolute atomic E-state index is 10.5. The molecule has 5 nitrogen and oxygen atoms in total. The third-order valence-corrected chi connectivity index (χ3v) is 4.16. The average Bonchev–Trinajstić information content (AvgIpc) is 2.76. The summed E-state index contributed by atoms with van der Waals surface area (Å²) in [5.41, 5.74) is -0.524. The predicted octanol–water partition coefficient (Wildman–Crippen LogP) is 1.24. The van der Waals surface area contributed by atoms with Gasteiger partial charge in [-0.05, 0) is 31.6 Å². The van der Waals surface area contributed by atoms with Crippen LogP contribution < -0.4 is 5.32 Å². The fourth-order valence-electron chi connectivity index (χ4n) is 2.67. The molecule has 1 aromatic rings. The van der Waals surface area contributed by atoms with Crippen molar-refractivity contribution in [1.82, 2.24) is 20.1 Å². The van der Waals surface area contributed by atoms with Gasteiger partial charge in [-0.25, -0.2) is 0 Å². The third-order valence-electron chi connectivity index (χ3n) is 4.16. The molecule has 1 heterocycles. The highest BCUT2D eigenvalue weighted by Crippen LogP contribution is 2.33. The van der Waals surface area contributed by atoms with E-state index in [1.54, 1.807) is 6.33 Å². The summed E-state index contributed by atoms with van der Waals surface area (Å²) in [6.45, 7) is 3.55. The van der Waals surface area contributed by atoms with E-state index >= 15 is 0 Å². The van der Waals surface area contributed by atoms with Gasteiger partial charge >= 0.3 is 0 Å². The van der Waals surface area contributed by atoms with Crippen molar-refractivity contribution in [2.75, 3.05) is 6.54 Å². The summed E-state index contributed by atoms with van der Waals surface area (Å²) in [4.78, 5) is 0. The fraction of sp³-hybridized carbons (Fsp3) is 0.846. The standard InChI is InChI=1S/C13H24N4O/c1-3-11-4-6-13(18,7-5-11)9-14-8-12-16-15-10-17(12)2/h10-11,14,18H,3-9H2,1-2H3. The molecule has 5 heteroatoms. The van der Waals surface area contributed by atoms with Crippen molar-refractivity contribution < 1.29 is 5.11 Å². The van der Waals surface area contributed by atoms with Gasteiger partial charge in [0.05, 0.1) is 12.1 Å². The molecule has 0 bridgehead atoms. The van der Waals surface area contributed by atoms with E-state index < -0.39 is 5.60 Å². The molecule has 1 aromatic heterocycles. The van der Waals surface area contributed by atoms with Gasteiger partial charge in [0, 0.05) is 13.6 Å². The number of rotatable bonds is 5. The molecule has 0 atom stereocenters. The molecule has 1 aliphatic rings. The van der Waals surface area contributed by atoms with Crippen LogP contribution in [-0.4, -0.2) is 32.0 Å². The average molecular weight is 252 g/mol. The van der Waals surface area contributed by atoms with E-state index in [4.69, 9.17) is 0 Å². The molecule has 0 unspecified atom stereocenters. The largest absolute Gasteiger partial charge is 0.389 e. The first-order valence-corrected chi connectivity index (χ1v) is 6.89. The Morgan fingerprint density at radius 1 is 1.50 bits per heavy atom. The highest BCUT2D eigenvalue weighted by atomic mass is 16.3. The monoisotopic (exact) mass is 252 g/mol. The van der Waals surface area contributed by atoms with Crippen LogP contribution >= 0.6 is 0 Å². The summed E-state index contributed by atoms with van der Waals surface area (Å²) in [6, 6.07) is 0. The molecular formula is C13H24N4O. The lowest BCUT2D eigenvalue weighted by Crippen LogP contribution is -2.43. The molecule has 0 spiro atoms. The number of nitrogens with zero attached hydrogens (tertiary/aromatic N) is 3. The fourth-order valence-corrected chi connectivity index (χ4v) is 2.67. The summed E-state index contributed by atoms with van der Waals surface area (Å²) in [7, 11) is 1.93. The summed E-state index contributed by atoms with van der Waals surface area (Å²) in [5, 5.41) is 21.6. The maximum Gasteiger partial charge on any atom is 0.146 e. The summed E-state index contributed by atoms with van der Waals surface area (Å²) >= 11 is 0. The van der Waals surface area contributed by atoms with Crippen LogP contribution in [0.4, 0.5) is 0 Å². The highest BCUT2D eigenvalue weighted by Gasteiger charge is 2.32. The van der Waals surface area contributed by atoms with Crippen molar-refractivity contribution in [3.05, 3.63) is 12.2 Å². The first kappa shape index (κ1) is 13.5. The Hall–Kier alpha value is -0.940. The van der Waals surface area contributed by atoms with Crippen molar-refractivity contribution >= 4 is 0 Å². The lowest BCUT2D eigenvalue weighted by atomic mass is 9.78. The van der Waals surface area contributed by atoms with E-state index in [0.717, 1.165) is 37.4 Å². The first-order chi connectivity index (χ1) is 8.63. The van der Waals surface area contributed by atoms with Gasteiger partial charge in [0.15, 0.2) is 0 Å². The van der Waals surface area contributed by atoms with Crippen molar-refractivity contribution in [2.45, 2.75) is 51.2 Å². The van der Waals surface area contributed by atoms with E-state index in [0.29, 0.717) is 13.1 Å². The molecule has 1 fully saturated rings. The number of aryl methyl sites for hydroxylation is 1. The van der Waals surface area contributed by atoms with Crippen molar-refractivity contribution in [3.8, 4) is 0 Å². The van der Waals surface area contributed by atoms with Crippen LogP contribution in [0, 0.1) is 5.92 Å². The van der Waals surface area contributed by atoms with Crippen LogP contribution in [0.5, 0.6) is 0 Å². The lowest BCUT2D eigenvalue weighted by Gasteiger charge is -2.36. The lowest BCUT2D eigenvalue weighted by molar-refractivity contribution is -0.00895. The molecule has 1 saturated carbocycles. The molecular weight excluding hydrogens is 228 g/mol. The minimum atomic E-state index is -0.524. The third kappa shape index (κ3) is 3.29. The molecule has 2 N–H and O–H groups in total.